The Morgan fingerprint density at radius 1 is 1.15 bits per heavy atom. The maximum atomic E-state index is 12.7. The van der Waals surface area contributed by atoms with E-state index in [-0.39, 0.29) is 10.9 Å². The third kappa shape index (κ3) is 3.76. The largest absolute Gasteiger partial charge is 0.379 e. The predicted molar refractivity (Wildman–Crippen MR) is 97.6 cm³/mol. The lowest BCUT2D eigenvalue weighted by molar-refractivity contribution is 0.0730. The second kappa shape index (κ2) is 7.64. The molecule has 9 nitrogen and oxygen atoms in total. The quantitative estimate of drug-likeness (QED) is 0.793. The van der Waals surface area contributed by atoms with Gasteiger partial charge in [0.1, 0.15) is 0 Å². The van der Waals surface area contributed by atoms with Gasteiger partial charge in [-0.05, 0) is 31.3 Å². The van der Waals surface area contributed by atoms with Gasteiger partial charge in [0.15, 0.2) is 5.82 Å². The molecule has 0 bridgehead atoms. The van der Waals surface area contributed by atoms with Crippen molar-refractivity contribution in [1.29, 1.82) is 0 Å². The Morgan fingerprint density at radius 2 is 1.89 bits per heavy atom. The van der Waals surface area contributed by atoms with Crippen LogP contribution in [0, 0.1) is 0 Å². The summed E-state index contributed by atoms with van der Waals surface area (Å²) in [7, 11) is -1.47. The smallest absolute Gasteiger partial charge is 0.257 e. The number of nitrogens with zero attached hydrogens (tertiary/aromatic N) is 4. The molecule has 2 aromatic rings. The molecule has 10 heteroatoms. The first kappa shape index (κ1) is 18.5. The number of rotatable bonds is 4. The van der Waals surface area contributed by atoms with Crippen LogP contribution in [0.15, 0.2) is 33.7 Å². The van der Waals surface area contributed by atoms with Crippen molar-refractivity contribution < 1.29 is 17.7 Å². The molecule has 0 spiro atoms. The van der Waals surface area contributed by atoms with Crippen LogP contribution in [0.5, 0.6) is 0 Å². The molecule has 0 saturated carbocycles. The number of likely N-dealkylation sites (N-methyl/N-ethyl adjacent to an activating group) is 1. The van der Waals surface area contributed by atoms with E-state index < -0.39 is 10.0 Å². The molecule has 3 heterocycles. The van der Waals surface area contributed by atoms with Crippen molar-refractivity contribution in [2.75, 3.05) is 53.0 Å². The molecule has 146 valence electrons. The van der Waals surface area contributed by atoms with E-state index in [0.717, 1.165) is 19.6 Å². The van der Waals surface area contributed by atoms with Crippen LogP contribution < -0.4 is 5.32 Å². The number of sulfonamides is 1. The van der Waals surface area contributed by atoms with Gasteiger partial charge >= 0.3 is 0 Å². The van der Waals surface area contributed by atoms with Gasteiger partial charge in [0.05, 0.1) is 24.2 Å². The van der Waals surface area contributed by atoms with E-state index in [1.54, 1.807) is 24.3 Å². The van der Waals surface area contributed by atoms with Gasteiger partial charge in [0.2, 0.25) is 10.0 Å². The molecule has 1 unspecified atom stereocenters. The Kier molecular flexibility index (Phi) is 5.24. The number of benzene rings is 1. The summed E-state index contributed by atoms with van der Waals surface area (Å²) in [5.41, 5.74) is 0.695. The molecule has 0 aliphatic carbocycles. The SMILES string of the molecule is CN1CCNCC1c1noc(-c2ccc(S(=O)(=O)N3CCOCC3)cc2)n1. The maximum Gasteiger partial charge on any atom is 0.257 e. The molecule has 1 aromatic heterocycles. The van der Waals surface area contributed by atoms with Crippen LogP contribution in [0.4, 0.5) is 0 Å². The van der Waals surface area contributed by atoms with Crippen LogP contribution in [0.25, 0.3) is 11.5 Å². The monoisotopic (exact) mass is 393 g/mol. The first-order chi connectivity index (χ1) is 13.1. The van der Waals surface area contributed by atoms with Gasteiger partial charge in [-0.2, -0.15) is 9.29 Å². The summed E-state index contributed by atoms with van der Waals surface area (Å²) in [5.74, 6) is 1.02. The Hall–Kier alpha value is -1.85. The zero-order valence-electron chi connectivity index (χ0n) is 15.2. The topological polar surface area (TPSA) is 101 Å². The van der Waals surface area contributed by atoms with E-state index in [1.807, 2.05) is 7.05 Å². The molecule has 1 atom stereocenters. The first-order valence-electron chi connectivity index (χ1n) is 8.98. The zero-order chi connectivity index (χ0) is 18.9. The number of nitrogens with one attached hydrogen (secondary N) is 1. The molecule has 2 aliphatic heterocycles. The molecule has 27 heavy (non-hydrogen) atoms. The molecule has 1 N–H and O–H groups in total. The highest BCUT2D eigenvalue weighted by atomic mass is 32.2. The fourth-order valence-electron chi connectivity index (χ4n) is 3.29. The molecular weight excluding hydrogens is 370 g/mol. The molecule has 0 amide bonds. The van der Waals surface area contributed by atoms with Crippen molar-refractivity contribution in [3.63, 3.8) is 0 Å². The summed E-state index contributed by atoms with van der Waals surface area (Å²) in [5, 5.41) is 7.43. The zero-order valence-corrected chi connectivity index (χ0v) is 16.0. The van der Waals surface area contributed by atoms with Crippen molar-refractivity contribution in [2.45, 2.75) is 10.9 Å². The minimum Gasteiger partial charge on any atom is -0.379 e. The number of morpholine rings is 1. The summed E-state index contributed by atoms with van der Waals surface area (Å²) in [4.78, 5) is 6.94. The van der Waals surface area contributed by atoms with Gasteiger partial charge in [0.25, 0.3) is 5.89 Å². The number of hydrogen-bond donors (Lipinski definition) is 1. The molecule has 0 radical (unpaired) electrons. The summed E-state index contributed by atoms with van der Waals surface area (Å²) in [6, 6.07) is 6.63. The number of hydrogen-bond acceptors (Lipinski definition) is 8. The van der Waals surface area contributed by atoms with Gasteiger partial charge in [-0.25, -0.2) is 8.42 Å². The second-order valence-electron chi connectivity index (χ2n) is 6.70. The van der Waals surface area contributed by atoms with E-state index in [4.69, 9.17) is 9.26 Å². The minimum atomic E-state index is -3.51. The normalized spacial score (nSPS) is 22.8. The van der Waals surface area contributed by atoms with Crippen molar-refractivity contribution in [3.05, 3.63) is 30.1 Å². The summed E-state index contributed by atoms with van der Waals surface area (Å²) in [6.45, 7) is 4.23. The van der Waals surface area contributed by atoms with E-state index >= 15 is 0 Å². The highest BCUT2D eigenvalue weighted by molar-refractivity contribution is 7.89. The van der Waals surface area contributed by atoms with E-state index in [2.05, 4.69) is 20.4 Å². The number of piperazine rings is 1. The van der Waals surface area contributed by atoms with E-state index in [1.165, 1.54) is 4.31 Å². The van der Waals surface area contributed by atoms with Gasteiger partial charge < -0.3 is 14.6 Å². The third-order valence-corrected chi connectivity index (χ3v) is 6.87. The van der Waals surface area contributed by atoms with Gasteiger partial charge in [-0.3, -0.25) is 4.90 Å². The summed E-state index contributed by atoms with van der Waals surface area (Å²) >= 11 is 0. The maximum absolute atomic E-state index is 12.7. The Labute approximate surface area is 158 Å². The van der Waals surface area contributed by atoms with Crippen LogP contribution >= 0.6 is 0 Å². The lowest BCUT2D eigenvalue weighted by Crippen LogP contribution is -2.44. The Balaban J connectivity index is 1.52. The first-order valence-corrected chi connectivity index (χ1v) is 10.4. The van der Waals surface area contributed by atoms with E-state index in [0.29, 0.717) is 43.6 Å². The minimum absolute atomic E-state index is 0.0669. The Bertz CT molecular complexity index is 877. The summed E-state index contributed by atoms with van der Waals surface area (Å²) < 4.78 is 37.5. The molecule has 2 fully saturated rings. The molecular formula is C17H23N5O4S. The average Bonchev–Trinajstić information content (AvgIpc) is 3.19. The molecule has 2 saturated heterocycles. The van der Waals surface area contributed by atoms with Gasteiger partial charge in [-0.1, -0.05) is 5.16 Å². The number of aromatic nitrogens is 2. The van der Waals surface area contributed by atoms with Crippen molar-refractivity contribution >= 4 is 10.0 Å². The fraction of sp³-hybridized carbons (Fsp3) is 0.529. The van der Waals surface area contributed by atoms with Crippen molar-refractivity contribution in [2.24, 2.45) is 0 Å². The number of ether oxygens (including phenoxy) is 1. The van der Waals surface area contributed by atoms with Crippen LogP contribution in [0.2, 0.25) is 0 Å². The average molecular weight is 393 g/mol. The van der Waals surface area contributed by atoms with E-state index in [9.17, 15) is 8.42 Å². The fourth-order valence-corrected chi connectivity index (χ4v) is 4.70. The van der Waals surface area contributed by atoms with Crippen molar-refractivity contribution in [1.82, 2.24) is 24.7 Å². The van der Waals surface area contributed by atoms with Gasteiger partial charge in [-0.15, -0.1) is 0 Å². The van der Waals surface area contributed by atoms with Gasteiger partial charge in [0, 0.05) is 38.3 Å². The Morgan fingerprint density at radius 3 is 2.59 bits per heavy atom. The van der Waals surface area contributed by atoms with Crippen LogP contribution in [-0.2, 0) is 14.8 Å². The highest BCUT2D eigenvalue weighted by Crippen LogP contribution is 2.25. The standard InChI is InChI=1S/C17H23N5O4S/c1-21-7-6-18-12-15(21)16-19-17(26-20-16)13-2-4-14(5-3-13)27(23,24)22-8-10-25-11-9-22/h2-5,15,18H,6-12H2,1H3. The lowest BCUT2D eigenvalue weighted by atomic mass is 10.2. The highest BCUT2D eigenvalue weighted by Gasteiger charge is 2.27. The van der Waals surface area contributed by atoms with Crippen LogP contribution in [-0.4, -0.2) is 80.7 Å². The molecule has 1 aromatic carbocycles. The second-order valence-corrected chi connectivity index (χ2v) is 8.64. The molecule has 2 aliphatic rings. The predicted octanol–water partition coefficient (Wildman–Crippen LogP) is 0.334. The van der Waals surface area contributed by atoms with Crippen molar-refractivity contribution in [3.8, 4) is 11.5 Å². The third-order valence-electron chi connectivity index (χ3n) is 4.96. The lowest BCUT2D eigenvalue weighted by Gasteiger charge is -2.30. The van der Waals surface area contributed by atoms with Crippen LogP contribution in [0.1, 0.15) is 11.9 Å². The summed E-state index contributed by atoms with van der Waals surface area (Å²) in [6.07, 6.45) is 0. The molecule has 4 rings (SSSR count). The van der Waals surface area contributed by atoms with Crippen LogP contribution in [0.3, 0.4) is 0 Å².